The first kappa shape index (κ1) is 14.1. The number of nitrogens with two attached hydrogens (primary N) is 1. The Balaban J connectivity index is 1.72. The maximum absolute atomic E-state index is 6.47. The molecule has 2 fully saturated rings. The second-order valence-electron chi connectivity index (χ2n) is 6.62. The topological polar surface area (TPSA) is 29.3 Å². The predicted octanol–water partition coefficient (Wildman–Crippen LogP) is 3.52. The first-order valence-corrected chi connectivity index (χ1v) is 8.36. The fraction of sp³-hybridized carbons (Fsp3) is 0.667. The first-order valence-electron chi connectivity index (χ1n) is 8.36. The molecule has 0 radical (unpaired) electrons. The molecule has 0 saturated heterocycles. The van der Waals surface area contributed by atoms with Crippen molar-refractivity contribution in [1.29, 1.82) is 0 Å². The molecule has 0 aliphatic heterocycles. The van der Waals surface area contributed by atoms with E-state index in [1.54, 1.807) is 0 Å². The van der Waals surface area contributed by atoms with E-state index in [2.05, 4.69) is 42.2 Å². The highest BCUT2D eigenvalue weighted by Crippen LogP contribution is 2.38. The third kappa shape index (κ3) is 3.07. The van der Waals surface area contributed by atoms with Crippen LogP contribution in [0.1, 0.15) is 56.9 Å². The molecule has 0 bridgehead atoms. The van der Waals surface area contributed by atoms with Gasteiger partial charge in [-0.1, -0.05) is 37.3 Å². The highest BCUT2D eigenvalue weighted by molar-refractivity contribution is 5.21. The van der Waals surface area contributed by atoms with E-state index in [1.165, 1.54) is 50.6 Å². The molecule has 2 saturated carbocycles. The number of nitrogens with zero attached hydrogens (tertiary/aromatic N) is 1. The van der Waals surface area contributed by atoms with Crippen molar-refractivity contribution >= 4 is 0 Å². The Morgan fingerprint density at radius 2 is 1.85 bits per heavy atom. The molecule has 2 aliphatic rings. The maximum Gasteiger partial charge on any atom is 0.0255 e. The van der Waals surface area contributed by atoms with Crippen molar-refractivity contribution < 1.29 is 0 Å². The van der Waals surface area contributed by atoms with Gasteiger partial charge in [-0.05, 0) is 56.6 Å². The van der Waals surface area contributed by atoms with E-state index in [0.717, 1.165) is 6.04 Å². The van der Waals surface area contributed by atoms with Crippen LogP contribution in [0.4, 0.5) is 0 Å². The third-order valence-corrected chi connectivity index (χ3v) is 5.06. The normalized spacial score (nSPS) is 30.6. The fourth-order valence-corrected chi connectivity index (χ4v) is 3.86. The second kappa shape index (κ2) is 6.28. The highest BCUT2D eigenvalue weighted by Gasteiger charge is 2.39. The van der Waals surface area contributed by atoms with Gasteiger partial charge in [0.2, 0.25) is 0 Å². The predicted molar refractivity (Wildman–Crippen MR) is 84.8 cm³/mol. The molecule has 2 nitrogen and oxygen atoms in total. The number of hydrogen-bond acceptors (Lipinski definition) is 2. The summed E-state index contributed by atoms with van der Waals surface area (Å²) in [5, 5.41) is 0. The fourth-order valence-electron chi connectivity index (χ4n) is 3.86. The average Bonchev–Trinajstić information content (AvgIpc) is 3.31. The molecule has 20 heavy (non-hydrogen) atoms. The summed E-state index contributed by atoms with van der Waals surface area (Å²) in [7, 11) is 0. The molecule has 0 spiro atoms. The Kier molecular flexibility index (Phi) is 4.42. The SMILES string of the molecule is CCCN(C1CC1)C1CC(c2ccccc2)CCC1N. The van der Waals surface area contributed by atoms with Crippen molar-refractivity contribution in [3.63, 3.8) is 0 Å². The molecule has 2 heteroatoms. The molecule has 110 valence electrons. The minimum atomic E-state index is 0.377. The quantitative estimate of drug-likeness (QED) is 0.888. The van der Waals surface area contributed by atoms with Gasteiger partial charge in [-0.2, -0.15) is 0 Å². The molecular weight excluding hydrogens is 244 g/mol. The van der Waals surface area contributed by atoms with E-state index in [4.69, 9.17) is 5.73 Å². The minimum Gasteiger partial charge on any atom is -0.326 e. The molecular formula is C18H28N2. The van der Waals surface area contributed by atoms with Gasteiger partial charge in [0, 0.05) is 18.1 Å². The monoisotopic (exact) mass is 272 g/mol. The van der Waals surface area contributed by atoms with Crippen LogP contribution in [0.3, 0.4) is 0 Å². The summed E-state index contributed by atoms with van der Waals surface area (Å²) in [6.45, 7) is 3.52. The summed E-state index contributed by atoms with van der Waals surface area (Å²) in [6.07, 6.45) is 7.71. The van der Waals surface area contributed by atoms with E-state index < -0.39 is 0 Å². The van der Waals surface area contributed by atoms with Gasteiger partial charge in [0.15, 0.2) is 0 Å². The molecule has 3 unspecified atom stereocenters. The first-order chi connectivity index (χ1) is 9.79. The zero-order chi connectivity index (χ0) is 13.9. The van der Waals surface area contributed by atoms with Gasteiger partial charge in [0.05, 0.1) is 0 Å². The van der Waals surface area contributed by atoms with E-state index >= 15 is 0 Å². The molecule has 2 aliphatic carbocycles. The van der Waals surface area contributed by atoms with Crippen LogP contribution in [0.5, 0.6) is 0 Å². The van der Waals surface area contributed by atoms with Crippen LogP contribution in [-0.2, 0) is 0 Å². The Bertz CT molecular complexity index is 413. The molecule has 1 aromatic carbocycles. The lowest BCUT2D eigenvalue weighted by Crippen LogP contribution is -2.52. The summed E-state index contributed by atoms with van der Waals surface area (Å²) in [4.78, 5) is 2.74. The molecule has 0 heterocycles. The summed E-state index contributed by atoms with van der Waals surface area (Å²) in [5.41, 5.74) is 7.99. The maximum atomic E-state index is 6.47. The highest BCUT2D eigenvalue weighted by atomic mass is 15.2. The molecule has 0 amide bonds. The second-order valence-corrected chi connectivity index (χ2v) is 6.62. The standard InChI is InChI=1S/C18H28N2/c1-2-12-20(16-9-10-16)18-13-15(8-11-17(18)19)14-6-4-3-5-7-14/h3-7,15-18H,2,8-13,19H2,1H3. The van der Waals surface area contributed by atoms with E-state index in [0.29, 0.717) is 18.0 Å². The molecule has 3 atom stereocenters. The molecule has 0 aromatic heterocycles. The summed E-state index contributed by atoms with van der Waals surface area (Å²) in [6, 6.07) is 12.8. The van der Waals surface area contributed by atoms with Crippen molar-refractivity contribution in [2.75, 3.05) is 6.54 Å². The van der Waals surface area contributed by atoms with Crippen LogP contribution in [0.15, 0.2) is 30.3 Å². The van der Waals surface area contributed by atoms with Crippen LogP contribution in [-0.4, -0.2) is 29.6 Å². The van der Waals surface area contributed by atoms with Crippen molar-refractivity contribution in [2.24, 2.45) is 5.73 Å². The largest absolute Gasteiger partial charge is 0.326 e. The lowest BCUT2D eigenvalue weighted by molar-refractivity contribution is 0.120. The Labute approximate surface area is 123 Å². The van der Waals surface area contributed by atoms with Gasteiger partial charge in [-0.15, -0.1) is 0 Å². The Morgan fingerprint density at radius 1 is 1.10 bits per heavy atom. The van der Waals surface area contributed by atoms with Gasteiger partial charge < -0.3 is 5.73 Å². The van der Waals surface area contributed by atoms with Gasteiger partial charge >= 0.3 is 0 Å². The third-order valence-electron chi connectivity index (χ3n) is 5.06. The number of rotatable bonds is 5. The van der Waals surface area contributed by atoms with E-state index in [9.17, 15) is 0 Å². The van der Waals surface area contributed by atoms with Gasteiger partial charge in [-0.3, -0.25) is 4.90 Å². The van der Waals surface area contributed by atoms with Crippen LogP contribution in [0.25, 0.3) is 0 Å². The lowest BCUT2D eigenvalue weighted by Gasteiger charge is -2.41. The zero-order valence-corrected chi connectivity index (χ0v) is 12.7. The molecule has 1 aromatic rings. The zero-order valence-electron chi connectivity index (χ0n) is 12.7. The van der Waals surface area contributed by atoms with Crippen LogP contribution in [0.2, 0.25) is 0 Å². The van der Waals surface area contributed by atoms with Gasteiger partial charge in [0.25, 0.3) is 0 Å². The van der Waals surface area contributed by atoms with Gasteiger partial charge in [-0.25, -0.2) is 0 Å². The van der Waals surface area contributed by atoms with Crippen molar-refractivity contribution in [1.82, 2.24) is 4.90 Å². The number of hydrogen-bond donors (Lipinski definition) is 1. The van der Waals surface area contributed by atoms with Crippen molar-refractivity contribution in [2.45, 2.75) is 69.5 Å². The van der Waals surface area contributed by atoms with Crippen molar-refractivity contribution in [3.05, 3.63) is 35.9 Å². The smallest absolute Gasteiger partial charge is 0.0255 e. The summed E-state index contributed by atoms with van der Waals surface area (Å²) >= 11 is 0. The Hall–Kier alpha value is -0.860. The Morgan fingerprint density at radius 3 is 2.50 bits per heavy atom. The molecule has 3 rings (SSSR count). The lowest BCUT2D eigenvalue weighted by atomic mass is 9.78. The van der Waals surface area contributed by atoms with Crippen LogP contribution < -0.4 is 5.73 Å². The average molecular weight is 272 g/mol. The van der Waals surface area contributed by atoms with E-state index in [-0.39, 0.29) is 0 Å². The minimum absolute atomic E-state index is 0.377. The van der Waals surface area contributed by atoms with Gasteiger partial charge in [0.1, 0.15) is 0 Å². The summed E-state index contributed by atoms with van der Waals surface area (Å²) < 4.78 is 0. The summed E-state index contributed by atoms with van der Waals surface area (Å²) in [5.74, 6) is 0.708. The molecule has 2 N–H and O–H groups in total. The van der Waals surface area contributed by atoms with E-state index in [1.807, 2.05) is 0 Å². The number of benzene rings is 1. The van der Waals surface area contributed by atoms with Crippen LogP contribution >= 0.6 is 0 Å². The van der Waals surface area contributed by atoms with Crippen molar-refractivity contribution in [3.8, 4) is 0 Å². The van der Waals surface area contributed by atoms with Crippen LogP contribution in [0, 0.1) is 0 Å².